The van der Waals surface area contributed by atoms with Crippen molar-refractivity contribution in [2.75, 3.05) is 11.5 Å². The van der Waals surface area contributed by atoms with Crippen molar-refractivity contribution in [3.8, 4) is 0 Å². The van der Waals surface area contributed by atoms with Crippen LogP contribution in [0.3, 0.4) is 0 Å². The Bertz CT molecular complexity index is 365. The molecule has 2 heteroatoms. The number of hydrogen-bond donors (Lipinski definition) is 1. The van der Waals surface area contributed by atoms with E-state index in [1.807, 2.05) is 11.8 Å². The Morgan fingerprint density at radius 2 is 1.78 bits per heavy atom. The molecule has 100 valence electrons. The largest absolute Gasteiger partial charge is 0.179 e. The van der Waals surface area contributed by atoms with Crippen molar-refractivity contribution >= 4 is 24.4 Å². The summed E-state index contributed by atoms with van der Waals surface area (Å²) in [5.41, 5.74) is 1.89. The maximum atomic E-state index is 4.66. The van der Waals surface area contributed by atoms with Gasteiger partial charge in [-0.15, -0.1) is 11.8 Å². The molecule has 0 saturated heterocycles. The molecule has 0 spiro atoms. The van der Waals surface area contributed by atoms with Crippen molar-refractivity contribution in [3.05, 3.63) is 29.8 Å². The van der Waals surface area contributed by atoms with Crippen molar-refractivity contribution < 1.29 is 0 Å². The Kier molecular flexibility index (Phi) is 5.50. The lowest BCUT2D eigenvalue weighted by Gasteiger charge is -2.31. The van der Waals surface area contributed by atoms with Crippen LogP contribution in [0.2, 0.25) is 0 Å². The first-order valence-electron chi connectivity index (χ1n) is 7.05. The van der Waals surface area contributed by atoms with Crippen LogP contribution in [0, 0.1) is 12.3 Å². The molecular weight excluding hydrogens is 256 g/mol. The van der Waals surface area contributed by atoms with Crippen molar-refractivity contribution in [2.24, 2.45) is 5.41 Å². The van der Waals surface area contributed by atoms with Crippen molar-refractivity contribution in [1.82, 2.24) is 0 Å². The molecule has 2 rings (SSSR count). The molecule has 0 aliphatic heterocycles. The van der Waals surface area contributed by atoms with Gasteiger partial charge in [0.05, 0.1) is 0 Å². The minimum atomic E-state index is 0.479. The first-order chi connectivity index (χ1) is 8.76. The van der Waals surface area contributed by atoms with Gasteiger partial charge in [0, 0.05) is 10.6 Å². The summed E-state index contributed by atoms with van der Waals surface area (Å²) in [7, 11) is 0. The van der Waals surface area contributed by atoms with Crippen LogP contribution < -0.4 is 0 Å². The monoisotopic (exact) mass is 280 g/mol. The highest BCUT2D eigenvalue weighted by Crippen LogP contribution is 2.40. The fourth-order valence-corrected chi connectivity index (χ4v) is 4.68. The number of thiol groups is 1. The SMILES string of the molecule is Cc1ccccc1SCC1(CS)CCCCCC1. The second-order valence-electron chi connectivity index (χ2n) is 5.63. The van der Waals surface area contributed by atoms with E-state index >= 15 is 0 Å². The van der Waals surface area contributed by atoms with Gasteiger partial charge in [-0.05, 0) is 42.6 Å². The lowest BCUT2D eigenvalue weighted by molar-refractivity contribution is 0.332. The van der Waals surface area contributed by atoms with E-state index in [0.29, 0.717) is 5.41 Å². The first kappa shape index (κ1) is 14.3. The summed E-state index contributed by atoms with van der Waals surface area (Å²) in [6.07, 6.45) is 8.38. The van der Waals surface area contributed by atoms with Gasteiger partial charge >= 0.3 is 0 Å². The summed E-state index contributed by atoms with van der Waals surface area (Å²) in [5.74, 6) is 2.28. The van der Waals surface area contributed by atoms with E-state index in [9.17, 15) is 0 Å². The zero-order valence-corrected chi connectivity index (χ0v) is 13.0. The van der Waals surface area contributed by atoms with Gasteiger partial charge < -0.3 is 0 Å². The van der Waals surface area contributed by atoms with Gasteiger partial charge in [-0.3, -0.25) is 0 Å². The summed E-state index contributed by atoms with van der Waals surface area (Å²) >= 11 is 6.69. The van der Waals surface area contributed by atoms with E-state index in [-0.39, 0.29) is 0 Å². The molecule has 0 amide bonds. The molecule has 0 nitrogen and oxygen atoms in total. The Hall–Kier alpha value is -0.0800. The van der Waals surface area contributed by atoms with Crippen molar-refractivity contribution in [3.63, 3.8) is 0 Å². The molecular formula is C16H24S2. The molecule has 0 bridgehead atoms. The quantitative estimate of drug-likeness (QED) is 0.440. The van der Waals surface area contributed by atoms with Gasteiger partial charge in [0.2, 0.25) is 0 Å². The molecule has 0 heterocycles. The average molecular weight is 281 g/mol. The molecule has 1 aromatic carbocycles. The maximum absolute atomic E-state index is 4.66. The average Bonchev–Trinajstić information content (AvgIpc) is 2.64. The Labute approximate surface area is 121 Å². The van der Waals surface area contributed by atoms with Crippen LogP contribution in [0.15, 0.2) is 29.2 Å². The number of benzene rings is 1. The zero-order chi connectivity index (χ0) is 12.8. The third-order valence-electron chi connectivity index (χ3n) is 4.13. The lowest BCUT2D eigenvalue weighted by Crippen LogP contribution is -2.25. The molecule has 0 atom stereocenters. The van der Waals surface area contributed by atoms with Gasteiger partial charge in [0.25, 0.3) is 0 Å². The normalized spacial score (nSPS) is 19.4. The van der Waals surface area contributed by atoms with Crippen LogP contribution in [0.5, 0.6) is 0 Å². The van der Waals surface area contributed by atoms with Gasteiger partial charge in [0.15, 0.2) is 0 Å². The fourth-order valence-electron chi connectivity index (χ4n) is 2.78. The Balaban J connectivity index is 2.00. The van der Waals surface area contributed by atoms with Crippen LogP contribution in [-0.2, 0) is 0 Å². The van der Waals surface area contributed by atoms with Crippen LogP contribution in [0.1, 0.15) is 44.1 Å². The highest BCUT2D eigenvalue weighted by atomic mass is 32.2. The summed E-state index contributed by atoms with van der Waals surface area (Å²) in [6.45, 7) is 2.21. The second kappa shape index (κ2) is 6.91. The minimum Gasteiger partial charge on any atom is -0.179 e. The highest BCUT2D eigenvalue weighted by molar-refractivity contribution is 7.99. The fraction of sp³-hybridized carbons (Fsp3) is 0.625. The van der Waals surface area contributed by atoms with E-state index in [4.69, 9.17) is 0 Å². The van der Waals surface area contributed by atoms with Crippen LogP contribution in [0.4, 0.5) is 0 Å². The Morgan fingerprint density at radius 3 is 2.39 bits per heavy atom. The number of rotatable bonds is 4. The molecule has 0 radical (unpaired) electrons. The first-order valence-corrected chi connectivity index (χ1v) is 8.67. The van der Waals surface area contributed by atoms with Crippen LogP contribution in [0.25, 0.3) is 0 Å². The van der Waals surface area contributed by atoms with Crippen molar-refractivity contribution in [2.45, 2.75) is 50.3 Å². The molecule has 0 aromatic heterocycles. The summed E-state index contributed by atoms with van der Waals surface area (Å²) in [5, 5.41) is 0. The lowest BCUT2D eigenvalue weighted by atomic mass is 9.84. The van der Waals surface area contributed by atoms with E-state index in [2.05, 4.69) is 43.8 Å². The van der Waals surface area contributed by atoms with E-state index in [0.717, 1.165) is 5.75 Å². The van der Waals surface area contributed by atoms with Gasteiger partial charge in [-0.2, -0.15) is 12.6 Å². The highest BCUT2D eigenvalue weighted by Gasteiger charge is 2.29. The molecule has 1 fully saturated rings. The number of thioether (sulfide) groups is 1. The van der Waals surface area contributed by atoms with E-state index in [1.165, 1.54) is 54.7 Å². The van der Waals surface area contributed by atoms with Gasteiger partial charge in [-0.1, -0.05) is 43.9 Å². The molecule has 1 saturated carbocycles. The molecule has 1 aliphatic carbocycles. The Morgan fingerprint density at radius 1 is 1.11 bits per heavy atom. The van der Waals surface area contributed by atoms with E-state index < -0.39 is 0 Å². The van der Waals surface area contributed by atoms with Crippen LogP contribution in [-0.4, -0.2) is 11.5 Å². The smallest absolute Gasteiger partial charge is 0.0101 e. The molecule has 1 aromatic rings. The van der Waals surface area contributed by atoms with Crippen LogP contribution >= 0.6 is 24.4 Å². The number of aryl methyl sites for hydroxylation is 1. The minimum absolute atomic E-state index is 0.479. The topological polar surface area (TPSA) is 0 Å². The van der Waals surface area contributed by atoms with Crippen molar-refractivity contribution in [1.29, 1.82) is 0 Å². The zero-order valence-electron chi connectivity index (χ0n) is 11.3. The third kappa shape index (κ3) is 3.71. The second-order valence-corrected chi connectivity index (χ2v) is 6.96. The maximum Gasteiger partial charge on any atom is 0.0101 e. The predicted octanol–water partition coefficient (Wildman–Crippen LogP) is 5.36. The molecule has 18 heavy (non-hydrogen) atoms. The third-order valence-corrected chi connectivity index (χ3v) is 6.32. The number of hydrogen-bond acceptors (Lipinski definition) is 2. The predicted molar refractivity (Wildman–Crippen MR) is 85.9 cm³/mol. The van der Waals surface area contributed by atoms with Gasteiger partial charge in [0.1, 0.15) is 0 Å². The van der Waals surface area contributed by atoms with E-state index in [1.54, 1.807) is 0 Å². The summed E-state index contributed by atoms with van der Waals surface area (Å²) in [4.78, 5) is 1.45. The molecule has 0 N–H and O–H groups in total. The molecule has 0 unspecified atom stereocenters. The summed E-state index contributed by atoms with van der Waals surface area (Å²) in [6, 6.07) is 8.74. The standard InChI is InChI=1S/C16H24S2/c1-14-8-4-5-9-15(14)18-13-16(12-17)10-6-2-3-7-11-16/h4-5,8-9,17H,2-3,6-7,10-13H2,1H3. The van der Waals surface area contributed by atoms with Gasteiger partial charge in [-0.25, -0.2) is 0 Å². The summed E-state index contributed by atoms with van der Waals surface area (Å²) < 4.78 is 0. The molecule has 1 aliphatic rings.